The lowest BCUT2D eigenvalue weighted by Gasteiger charge is -2.08. The number of benzene rings is 1. The fourth-order valence-corrected chi connectivity index (χ4v) is 1.62. The van der Waals surface area contributed by atoms with Gasteiger partial charge in [-0.25, -0.2) is 0 Å². The van der Waals surface area contributed by atoms with Crippen molar-refractivity contribution >= 4 is 34.8 Å². The lowest BCUT2D eigenvalue weighted by atomic mass is 10.1. The van der Waals surface area contributed by atoms with Gasteiger partial charge in [-0.3, -0.25) is 4.79 Å². The lowest BCUT2D eigenvalue weighted by Crippen LogP contribution is -2.13. The highest BCUT2D eigenvalue weighted by molar-refractivity contribution is 6.36. The van der Waals surface area contributed by atoms with E-state index in [0.717, 1.165) is 0 Å². The fraction of sp³-hybridized carbons (Fsp3) is 0.364. The summed E-state index contributed by atoms with van der Waals surface area (Å²) in [7, 11) is 0. The highest BCUT2D eigenvalue weighted by Crippen LogP contribution is 2.25. The number of amides is 1. The van der Waals surface area contributed by atoms with E-state index >= 15 is 0 Å². The minimum Gasteiger partial charge on any atom is -0.325 e. The van der Waals surface area contributed by atoms with E-state index in [1.807, 2.05) is 13.8 Å². The molecule has 0 aliphatic heterocycles. The summed E-state index contributed by atoms with van der Waals surface area (Å²) in [4.78, 5) is 11.5. The standard InChI is InChI=1S/C11H13Cl2NO/c1-7(2)5-11(15)14-10-4-3-8(12)6-9(10)13/h3-4,6-7H,5H2,1-2H3,(H,14,15). The van der Waals surface area contributed by atoms with E-state index in [9.17, 15) is 4.79 Å². The normalized spacial score (nSPS) is 10.5. The summed E-state index contributed by atoms with van der Waals surface area (Å²) in [6.07, 6.45) is 0.485. The van der Waals surface area contributed by atoms with Crippen LogP contribution < -0.4 is 5.32 Å². The van der Waals surface area contributed by atoms with Gasteiger partial charge in [0, 0.05) is 11.4 Å². The van der Waals surface area contributed by atoms with E-state index in [4.69, 9.17) is 23.2 Å². The van der Waals surface area contributed by atoms with E-state index in [2.05, 4.69) is 5.32 Å². The molecule has 0 aromatic heterocycles. The molecule has 82 valence electrons. The molecule has 0 fully saturated rings. The van der Waals surface area contributed by atoms with Gasteiger partial charge in [0.25, 0.3) is 0 Å². The highest BCUT2D eigenvalue weighted by atomic mass is 35.5. The number of carbonyl (C=O) groups excluding carboxylic acids is 1. The van der Waals surface area contributed by atoms with Crippen molar-refractivity contribution in [3.05, 3.63) is 28.2 Å². The Morgan fingerprint density at radius 1 is 1.40 bits per heavy atom. The van der Waals surface area contributed by atoms with Gasteiger partial charge in [-0.05, 0) is 24.1 Å². The van der Waals surface area contributed by atoms with Gasteiger partial charge in [0.05, 0.1) is 10.7 Å². The van der Waals surface area contributed by atoms with Crippen LogP contribution in [-0.4, -0.2) is 5.91 Å². The van der Waals surface area contributed by atoms with E-state index in [0.29, 0.717) is 28.1 Å². The second-order valence-corrected chi connectivity index (χ2v) is 4.61. The van der Waals surface area contributed by atoms with Crippen LogP contribution in [0.5, 0.6) is 0 Å². The Morgan fingerprint density at radius 3 is 2.60 bits per heavy atom. The molecular formula is C11H13Cl2NO. The Hall–Kier alpha value is -0.730. The molecule has 2 nitrogen and oxygen atoms in total. The first-order valence-electron chi connectivity index (χ1n) is 4.74. The van der Waals surface area contributed by atoms with E-state index in [1.165, 1.54) is 0 Å². The van der Waals surface area contributed by atoms with E-state index < -0.39 is 0 Å². The van der Waals surface area contributed by atoms with Crippen LogP contribution in [0, 0.1) is 5.92 Å². The molecule has 1 N–H and O–H groups in total. The second kappa shape index (κ2) is 5.38. The van der Waals surface area contributed by atoms with Gasteiger partial charge in [0.1, 0.15) is 0 Å². The van der Waals surface area contributed by atoms with Gasteiger partial charge in [-0.2, -0.15) is 0 Å². The average molecular weight is 246 g/mol. The van der Waals surface area contributed by atoms with E-state index in [-0.39, 0.29) is 5.91 Å². The number of carbonyl (C=O) groups is 1. The largest absolute Gasteiger partial charge is 0.325 e. The summed E-state index contributed by atoms with van der Waals surface area (Å²) in [5.74, 6) is 0.297. The molecule has 0 bridgehead atoms. The monoisotopic (exact) mass is 245 g/mol. The van der Waals surface area contributed by atoms with Crippen molar-refractivity contribution in [2.75, 3.05) is 5.32 Å². The van der Waals surface area contributed by atoms with Gasteiger partial charge >= 0.3 is 0 Å². The number of halogens is 2. The predicted molar refractivity (Wildman–Crippen MR) is 64.5 cm³/mol. The quantitative estimate of drug-likeness (QED) is 0.858. The number of hydrogen-bond donors (Lipinski definition) is 1. The van der Waals surface area contributed by atoms with Crippen molar-refractivity contribution in [1.29, 1.82) is 0 Å². The van der Waals surface area contributed by atoms with Crippen LogP contribution >= 0.6 is 23.2 Å². The first-order chi connectivity index (χ1) is 6.99. The molecule has 0 radical (unpaired) electrons. The van der Waals surface area contributed by atoms with Crippen LogP contribution in [0.4, 0.5) is 5.69 Å². The van der Waals surface area contributed by atoms with Crippen molar-refractivity contribution in [2.24, 2.45) is 5.92 Å². The van der Waals surface area contributed by atoms with Crippen LogP contribution in [0.1, 0.15) is 20.3 Å². The van der Waals surface area contributed by atoms with Crippen molar-refractivity contribution in [2.45, 2.75) is 20.3 Å². The molecule has 0 unspecified atom stereocenters. The van der Waals surface area contributed by atoms with Crippen LogP contribution in [0.25, 0.3) is 0 Å². The van der Waals surface area contributed by atoms with Crippen molar-refractivity contribution in [3.63, 3.8) is 0 Å². The second-order valence-electron chi connectivity index (χ2n) is 3.77. The molecule has 0 aliphatic carbocycles. The molecule has 4 heteroatoms. The van der Waals surface area contributed by atoms with E-state index in [1.54, 1.807) is 18.2 Å². The maximum absolute atomic E-state index is 11.5. The Labute approximate surface area is 99.6 Å². The highest BCUT2D eigenvalue weighted by Gasteiger charge is 2.07. The molecule has 1 amide bonds. The molecular weight excluding hydrogens is 233 g/mol. The first-order valence-corrected chi connectivity index (χ1v) is 5.49. The topological polar surface area (TPSA) is 29.1 Å². The van der Waals surface area contributed by atoms with Crippen LogP contribution in [-0.2, 0) is 4.79 Å². The third kappa shape index (κ3) is 4.10. The maximum Gasteiger partial charge on any atom is 0.224 e. The molecule has 1 aromatic carbocycles. The summed E-state index contributed by atoms with van der Waals surface area (Å²) >= 11 is 11.7. The summed E-state index contributed by atoms with van der Waals surface area (Å²) in [6.45, 7) is 3.98. The minimum atomic E-state index is -0.0331. The zero-order chi connectivity index (χ0) is 11.4. The first kappa shape index (κ1) is 12.3. The molecule has 0 heterocycles. The maximum atomic E-state index is 11.5. The Bertz CT molecular complexity index is 364. The van der Waals surface area contributed by atoms with Crippen LogP contribution in [0.3, 0.4) is 0 Å². The number of rotatable bonds is 3. The van der Waals surface area contributed by atoms with Gasteiger partial charge in [0.15, 0.2) is 0 Å². The zero-order valence-corrected chi connectivity index (χ0v) is 10.2. The van der Waals surface area contributed by atoms with Crippen molar-refractivity contribution in [1.82, 2.24) is 0 Å². The van der Waals surface area contributed by atoms with Crippen molar-refractivity contribution in [3.8, 4) is 0 Å². The van der Waals surface area contributed by atoms with Gasteiger partial charge in [0.2, 0.25) is 5.91 Å². The SMILES string of the molecule is CC(C)CC(=O)Nc1ccc(Cl)cc1Cl. The van der Waals surface area contributed by atoms with Gasteiger partial charge < -0.3 is 5.32 Å². The van der Waals surface area contributed by atoms with Gasteiger partial charge in [-0.1, -0.05) is 37.0 Å². The molecule has 0 saturated carbocycles. The third-order valence-corrected chi connectivity index (χ3v) is 2.35. The third-order valence-electron chi connectivity index (χ3n) is 1.80. The molecule has 0 saturated heterocycles. The molecule has 1 rings (SSSR count). The predicted octanol–water partition coefficient (Wildman–Crippen LogP) is 3.98. The Kier molecular flexibility index (Phi) is 4.43. The number of hydrogen-bond acceptors (Lipinski definition) is 1. The molecule has 1 aromatic rings. The molecule has 15 heavy (non-hydrogen) atoms. The summed E-state index contributed by atoms with van der Waals surface area (Å²) in [6, 6.07) is 5.00. The van der Waals surface area contributed by atoms with Crippen molar-refractivity contribution < 1.29 is 4.79 Å². The molecule has 0 aliphatic rings. The molecule has 0 atom stereocenters. The van der Waals surface area contributed by atoms with Gasteiger partial charge in [-0.15, -0.1) is 0 Å². The Balaban J connectivity index is 2.68. The summed E-state index contributed by atoms with van der Waals surface area (Å²) in [5, 5.41) is 3.75. The summed E-state index contributed by atoms with van der Waals surface area (Å²) in [5.41, 5.74) is 0.603. The Morgan fingerprint density at radius 2 is 2.07 bits per heavy atom. The minimum absolute atomic E-state index is 0.0331. The zero-order valence-electron chi connectivity index (χ0n) is 8.68. The smallest absolute Gasteiger partial charge is 0.224 e. The molecule has 0 spiro atoms. The number of anilines is 1. The van der Waals surface area contributed by atoms with Crippen LogP contribution in [0.2, 0.25) is 10.0 Å². The van der Waals surface area contributed by atoms with Crippen LogP contribution in [0.15, 0.2) is 18.2 Å². The summed E-state index contributed by atoms with van der Waals surface area (Å²) < 4.78 is 0. The fourth-order valence-electron chi connectivity index (χ4n) is 1.16. The lowest BCUT2D eigenvalue weighted by molar-refractivity contribution is -0.116. The average Bonchev–Trinajstić information content (AvgIpc) is 2.08. The number of nitrogens with one attached hydrogen (secondary N) is 1.